The Kier molecular flexibility index (Phi) is 6.87. The Morgan fingerprint density at radius 3 is 2.50 bits per heavy atom. The van der Waals surface area contributed by atoms with Crippen LogP contribution < -0.4 is 5.06 Å². The van der Waals surface area contributed by atoms with Crippen LogP contribution in [0.15, 0.2) is 30.3 Å². The average molecular weight is 251 g/mol. The zero-order chi connectivity index (χ0) is 13.2. The van der Waals surface area contributed by atoms with Gasteiger partial charge in [-0.05, 0) is 18.6 Å². The van der Waals surface area contributed by atoms with Crippen molar-refractivity contribution in [1.82, 2.24) is 0 Å². The summed E-state index contributed by atoms with van der Waals surface area (Å²) in [5.41, 5.74) is 0.680. The fourth-order valence-corrected chi connectivity index (χ4v) is 1.56. The number of carbonyl (C=O) groups excluding carboxylic acids is 1. The summed E-state index contributed by atoms with van der Waals surface area (Å²) in [5, 5.41) is 1.20. The van der Waals surface area contributed by atoms with Crippen molar-refractivity contribution < 1.29 is 14.4 Å². The van der Waals surface area contributed by atoms with Gasteiger partial charge in [-0.15, -0.1) is 0 Å². The largest absolute Gasteiger partial charge is 0.451 e. The smallest absolute Gasteiger partial charge is 0.438 e. The Labute approximate surface area is 108 Å². The summed E-state index contributed by atoms with van der Waals surface area (Å²) >= 11 is 0. The van der Waals surface area contributed by atoms with Crippen molar-refractivity contribution in [2.24, 2.45) is 0 Å². The fourth-order valence-electron chi connectivity index (χ4n) is 1.56. The van der Waals surface area contributed by atoms with E-state index in [9.17, 15) is 4.79 Å². The van der Waals surface area contributed by atoms with Crippen LogP contribution in [0.3, 0.4) is 0 Å². The van der Waals surface area contributed by atoms with Gasteiger partial charge < -0.3 is 4.74 Å². The van der Waals surface area contributed by atoms with E-state index in [0.29, 0.717) is 12.3 Å². The molecule has 0 atom stereocenters. The average Bonchev–Trinajstić information content (AvgIpc) is 2.43. The van der Waals surface area contributed by atoms with Crippen LogP contribution in [0.1, 0.15) is 32.6 Å². The fraction of sp³-hybridized carbons (Fsp3) is 0.500. The number of anilines is 1. The van der Waals surface area contributed by atoms with Crippen LogP contribution in [-0.2, 0) is 9.57 Å². The summed E-state index contributed by atoms with van der Waals surface area (Å²) in [6.45, 7) is 2.68. The summed E-state index contributed by atoms with van der Waals surface area (Å²) in [5.74, 6) is 0. The number of carbonyl (C=O) groups is 1. The molecule has 0 fully saturated rings. The minimum Gasteiger partial charge on any atom is -0.451 e. The lowest BCUT2D eigenvalue weighted by Gasteiger charge is -2.20. The maximum atomic E-state index is 11.6. The van der Waals surface area contributed by atoms with Gasteiger partial charge in [0.05, 0.1) is 19.4 Å². The Bertz CT molecular complexity index is 340. The highest BCUT2D eigenvalue weighted by atomic mass is 16.7. The number of hydrogen-bond donors (Lipinski definition) is 0. The highest BCUT2D eigenvalue weighted by Crippen LogP contribution is 2.15. The van der Waals surface area contributed by atoms with Crippen LogP contribution >= 0.6 is 0 Å². The zero-order valence-corrected chi connectivity index (χ0v) is 11.1. The summed E-state index contributed by atoms with van der Waals surface area (Å²) in [4.78, 5) is 17.1. The van der Waals surface area contributed by atoms with E-state index in [0.717, 1.165) is 12.8 Å². The Hall–Kier alpha value is -1.55. The third kappa shape index (κ3) is 4.75. The molecule has 4 heteroatoms. The van der Waals surface area contributed by atoms with Crippen LogP contribution in [0.4, 0.5) is 10.5 Å². The number of nitrogens with zero attached hydrogens (tertiary/aromatic N) is 1. The summed E-state index contributed by atoms with van der Waals surface area (Å²) in [6, 6.07) is 9.21. The van der Waals surface area contributed by atoms with Gasteiger partial charge in [0.25, 0.3) is 0 Å². The first kappa shape index (κ1) is 14.5. The van der Waals surface area contributed by atoms with Crippen molar-refractivity contribution >= 4 is 11.8 Å². The minimum absolute atomic E-state index is 0.503. The molecule has 0 saturated heterocycles. The number of hydrogen-bond acceptors (Lipinski definition) is 3. The number of rotatable bonds is 7. The molecule has 0 saturated carbocycles. The van der Waals surface area contributed by atoms with Gasteiger partial charge in [-0.2, -0.15) is 5.06 Å². The number of ether oxygens (including phenoxy) is 1. The van der Waals surface area contributed by atoms with Gasteiger partial charge in [0.1, 0.15) is 0 Å². The van der Waals surface area contributed by atoms with Crippen molar-refractivity contribution in [2.75, 3.05) is 18.8 Å². The molecule has 1 rings (SSSR count). The van der Waals surface area contributed by atoms with E-state index in [1.54, 1.807) is 0 Å². The SMILES string of the molecule is CCCCCCON(C(=O)OC)c1ccccc1. The quantitative estimate of drug-likeness (QED) is 0.547. The normalized spacial score (nSPS) is 10.1. The second-order valence-corrected chi connectivity index (χ2v) is 3.99. The van der Waals surface area contributed by atoms with Gasteiger partial charge in [-0.1, -0.05) is 44.4 Å². The standard InChI is InChI=1S/C14H21NO3/c1-3-4-5-9-12-18-15(14(16)17-2)13-10-7-6-8-11-13/h6-8,10-11H,3-5,9,12H2,1-2H3. The molecule has 0 spiro atoms. The molecule has 1 aromatic rings. The molecule has 100 valence electrons. The number of hydroxylamine groups is 1. The van der Waals surface area contributed by atoms with Gasteiger partial charge >= 0.3 is 6.09 Å². The van der Waals surface area contributed by atoms with Gasteiger partial charge in [-0.3, -0.25) is 4.84 Å². The maximum Gasteiger partial charge on any atom is 0.438 e. The number of para-hydroxylation sites is 1. The van der Waals surface area contributed by atoms with Crippen molar-refractivity contribution in [3.63, 3.8) is 0 Å². The number of unbranched alkanes of at least 4 members (excludes halogenated alkanes) is 3. The Morgan fingerprint density at radius 2 is 1.89 bits per heavy atom. The molecule has 0 aromatic heterocycles. The minimum atomic E-state index is -0.503. The number of benzene rings is 1. The molecule has 0 aliphatic heterocycles. The maximum absolute atomic E-state index is 11.6. The lowest BCUT2D eigenvalue weighted by molar-refractivity contribution is 0.0831. The van der Waals surface area contributed by atoms with E-state index in [-0.39, 0.29) is 0 Å². The molecule has 0 N–H and O–H groups in total. The van der Waals surface area contributed by atoms with Crippen LogP contribution in [-0.4, -0.2) is 19.8 Å². The molecule has 0 heterocycles. The van der Waals surface area contributed by atoms with E-state index in [4.69, 9.17) is 9.57 Å². The van der Waals surface area contributed by atoms with Crippen molar-refractivity contribution in [3.8, 4) is 0 Å². The van der Waals surface area contributed by atoms with Crippen LogP contribution in [0, 0.1) is 0 Å². The van der Waals surface area contributed by atoms with Crippen LogP contribution in [0.25, 0.3) is 0 Å². The first-order chi connectivity index (χ1) is 8.79. The predicted octanol–water partition coefficient (Wildman–Crippen LogP) is 3.77. The number of methoxy groups -OCH3 is 1. The van der Waals surface area contributed by atoms with Crippen molar-refractivity contribution in [2.45, 2.75) is 32.6 Å². The molecule has 1 amide bonds. The van der Waals surface area contributed by atoms with E-state index in [1.165, 1.54) is 25.0 Å². The van der Waals surface area contributed by atoms with Gasteiger partial charge in [0, 0.05) is 0 Å². The van der Waals surface area contributed by atoms with E-state index < -0.39 is 6.09 Å². The van der Waals surface area contributed by atoms with Crippen LogP contribution in [0.2, 0.25) is 0 Å². The summed E-state index contributed by atoms with van der Waals surface area (Å²) in [7, 11) is 1.35. The molecule has 4 nitrogen and oxygen atoms in total. The van der Waals surface area contributed by atoms with Crippen LogP contribution in [0.5, 0.6) is 0 Å². The van der Waals surface area contributed by atoms with Crippen molar-refractivity contribution in [1.29, 1.82) is 0 Å². The topological polar surface area (TPSA) is 38.8 Å². The zero-order valence-electron chi connectivity index (χ0n) is 11.1. The van der Waals surface area contributed by atoms with Gasteiger partial charge in [0.15, 0.2) is 0 Å². The molecular formula is C14H21NO3. The highest BCUT2D eigenvalue weighted by Gasteiger charge is 2.16. The molecule has 0 bridgehead atoms. The molecule has 0 aliphatic carbocycles. The number of amides is 1. The molecule has 0 aliphatic rings. The second kappa shape index (κ2) is 8.53. The summed E-state index contributed by atoms with van der Waals surface area (Å²) in [6.07, 6.45) is 3.91. The van der Waals surface area contributed by atoms with Gasteiger partial charge in [0.2, 0.25) is 0 Å². The Morgan fingerprint density at radius 1 is 1.17 bits per heavy atom. The van der Waals surface area contributed by atoms with Gasteiger partial charge in [-0.25, -0.2) is 4.79 Å². The summed E-state index contributed by atoms with van der Waals surface area (Å²) < 4.78 is 4.71. The monoisotopic (exact) mass is 251 g/mol. The van der Waals surface area contributed by atoms with E-state index >= 15 is 0 Å². The molecule has 1 aromatic carbocycles. The lowest BCUT2D eigenvalue weighted by atomic mass is 10.2. The second-order valence-electron chi connectivity index (χ2n) is 3.99. The molecule has 18 heavy (non-hydrogen) atoms. The molecular weight excluding hydrogens is 230 g/mol. The Balaban J connectivity index is 2.50. The van der Waals surface area contributed by atoms with Crippen molar-refractivity contribution in [3.05, 3.63) is 30.3 Å². The lowest BCUT2D eigenvalue weighted by Crippen LogP contribution is -2.31. The molecule has 0 radical (unpaired) electrons. The van der Waals surface area contributed by atoms with E-state index in [1.807, 2.05) is 30.3 Å². The first-order valence-corrected chi connectivity index (χ1v) is 6.35. The molecule has 0 unspecified atom stereocenters. The van der Waals surface area contributed by atoms with E-state index in [2.05, 4.69) is 6.92 Å². The highest BCUT2D eigenvalue weighted by molar-refractivity contribution is 5.85. The first-order valence-electron chi connectivity index (χ1n) is 6.35. The predicted molar refractivity (Wildman–Crippen MR) is 71.4 cm³/mol. The third-order valence-electron chi connectivity index (χ3n) is 2.55. The third-order valence-corrected chi connectivity index (χ3v) is 2.55.